The lowest BCUT2D eigenvalue weighted by Gasteiger charge is -2.20. The fourth-order valence-corrected chi connectivity index (χ4v) is 7.81. The summed E-state index contributed by atoms with van der Waals surface area (Å²) in [6, 6.07) is 0. The van der Waals surface area contributed by atoms with Crippen molar-refractivity contribution in [3.63, 3.8) is 0 Å². The minimum absolute atomic E-state index is 0.00766. The molecule has 0 aliphatic heterocycles. The lowest BCUT2D eigenvalue weighted by molar-refractivity contribution is -0.161. The Morgan fingerprint density at radius 2 is 1.00 bits per heavy atom. The Balaban J connectivity index is 4.33. The van der Waals surface area contributed by atoms with Crippen LogP contribution in [0.3, 0.4) is 0 Å². The number of carbonyl (C=O) groups is 2. The average molecular weight is 784 g/mol. The predicted molar refractivity (Wildman–Crippen MR) is 218 cm³/mol. The first kappa shape index (κ1) is 50.7. The molecule has 0 aromatic heterocycles. The van der Waals surface area contributed by atoms with Crippen molar-refractivity contribution < 1.29 is 37.6 Å². The van der Waals surface area contributed by atoms with E-state index in [2.05, 4.69) is 41.5 Å². The molecule has 0 aromatic carbocycles. The molecule has 0 bridgehead atoms. The first-order chi connectivity index (χ1) is 24.0. The molecule has 0 fully saturated rings. The van der Waals surface area contributed by atoms with Crippen LogP contribution in [0.4, 0.5) is 0 Å². The van der Waals surface area contributed by atoms with Crippen LogP contribution in [0.1, 0.15) is 170 Å². The third-order valence-electron chi connectivity index (χ3n) is 8.07. The molecule has 0 amide bonds. The molecular formula is C39H78NO8PS2. The van der Waals surface area contributed by atoms with Gasteiger partial charge in [-0.1, -0.05) is 131 Å². The predicted octanol–water partition coefficient (Wildman–Crippen LogP) is 11.0. The van der Waals surface area contributed by atoms with Gasteiger partial charge in [0.2, 0.25) is 0 Å². The zero-order valence-corrected chi connectivity index (χ0v) is 36.5. The van der Waals surface area contributed by atoms with E-state index < -0.39 is 26.5 Å². The molecule has 0 spiro atoms. The highest BCUT2D eigenvalue weighted by atomic mass is 32.2. The minimum atomic E-state index is -4.36. The van der Waals surface area contributed by atoms with Crippen LogP contribution in [-0.2, 0) is 32.7 Å². The second-order valence-electron chi connectivity index (χ2n) is 16.0. The second-order valence-corrected chi connectivity index (χ2v) is 21.3. The summed E-state index contributed by atoms with van der Waals surface area (Å²) >= 11 is 4.08. The normalized spacial score (nSPS) is 14.1. The van der Waals surface area contributed by atoms with Crippen molar-refractivity contribution in [2.24, 2.45) is 0 Å². The number of phosphoric ester groups is 1. The SMILES string of the molecule is CN(C)CCOP(=O)(O)OC[C@@H](COC(=O)CCCCCCCCCCCSC(C)(C)C)OC(=O)CCCCCCCCCCCSC(C)(C)C. The number of hydrogen-bond acceptors (Lipinski definition) is 10. The summed E-state index contributed by atoms with van der Waals surface area (Å²) in [6.45, 7) is 13.4. The first-order valence-electron chi connectivity index (χ1n) is 19.9. The van der Waals surface area contributed by atoms with Crippen molar-refractivity contribution in [2.45, 2.75) is 186 Å². The van der Waals surface area contributed by atoms with Gasteiger partial charge in [-0.25, -0.2) is 4.57 Å². The maximum Gasteiger partial charge on any atom is 0.472 e. The topological polar surface area (TPSA) is 112 Å². The lowest BCUT2D eigenvalue weighted by atomic mass is 10.1. The van der Waals surface area contributed by atoms with Crippen molar-refractivity contribution in [2.75, 3.05) is 52.0 Å². The van der Waals surface area contributed by atoms with Gasteiger partial charge >= 0.3 is 19.8 Å². The van der Waals surface area contributed by atoms with Gasteiger partial charge in [-0.2, -0.15) is 23.5 Å². The summed E-state index contributed by atoms with van der Waals surface area (Å²) < 4.78 is 34.1. The zero-order chi connectivity index (χ0) is 38.4. The summed E-state index contributed by atoms with van der Waals surface area (Å²) in [5.41, 5.74) is 0. The highest BCUT2D eigenvalue weighted by Gasteiger charge is 2.26. The number of unbranched alkanes of at least 4 members (excludes halogenated alkanes) is 16. The third kappa shape index (κ3) is 39.2. The number of phosphoric acid groups is 1. The standard InChI is InChI=1S/C39H78NO8PS2/c1-38(2,3)50-31-25-21-17-13-9-11-15-19-23-27-36(41)45-33-35(34-47-49(43,44)46-30-29-40(7)8)48-37(42)28-24-20-16-12-10-14-18-22-26-32-51-39(4,5)6/h35H,9-34H2,1-8H3,(H,43,44)/t35-/m1/s1. The minimum Gasteiger partial charge on any atom is -0.462 e. The summed E-state index contributed by atoms with van der Waals surface area (Å²) in [4.78, 5) is 37.0. The van der Waals surface area contributed by atoms with E-state index in [1.54, 1.807) is 0 Å². The molecule has 0 saturated carbocycles. The number of esters is 2. The Labute approximate surface area is 322 Å². The molecule has 0 aliphatic carbocycles. The van der Waals surface area contributed by atoms with Crippen LogP contribution in [0.5, 0.6) is 0 Å². The van der Waals surface area contributed by atoms with Crippen molar-refractivity contribution in [3.8, 4) is 0 Å². The van der Waals surface area contributed by atoms with Crippen LogP contribution >= 0.6 is 31.3 Å². The number of rotatable bonds is 34. The molecule has 0 aliphatic rings. The van der Waals surface area contributed by atoms with Crippen LogP contribution in [0.25, 0.3) is 0 Å². The first-order valence-corrected chi connectivity index (χ1v) is 23.4. The maximum atomic E-state index is 12.6. The fraction of sp³-hybridized carbons (Fsp3) is 0.949. The van der Waals surface area contributed by atoms with Gasteiger partial charge in [0.1, 0.15) is 6.61 Å². The van der Waals surface area contributed by atoms with Crippen molar-refractivity contribution in [1.82, 2.24) is 4.90 Å². The van der Waals surface area contributed by atoms with Crippen molar-refractivity contribution in [1.29, 1.82) is 0 Å². The van der Waals surface area contributed by atoms with Gasteiger partial charge in [-0.3, -0.25) is 18.6 Å². The van der Waals surface area contributed by atoms with Crippen molar-refractivity contribution >= 4 is 43.3 Å². The van der Waals surface area contributed by atoms with E-state index in [0.29, 0.717) is 22.5 Å². The highest BCUT2D eigenvalue weighted by molar-refractivity contribution is 8.00. The number of nitrogens with zero attached hydrogens (tertiary/aromatic N) is 1. The molecule has 0 saturated heterocycles. The average Bonchev–Trinajstić information content (AvgIpc) is 3.02. The van der Waals surface area contributed by atoms with Crippen LogP contribution in [0.2, 0.25) is 0 Å². The Hall–Kier alpha value is -0.290. The quantitative estimate of drug-likeness (QED) is 0.0382. The monoisotopic (exact) mass is 783 g/mol. The number of ether oxygens (including phenoxy) is 2. The van der Waals surface area contributed by atoms with Crippen LogP contribution in [-0.4, -0.2) is 89.3 Å². The number of likely N-dealkylation sites (N-methyl/N-ethyl adjacent to an activating group) is 1. The Kier molecular flexibility index (Phi) is 30.8. The van der Waals surface area contributed by atoms with E-state index in [1.165, 1.54) is 82.1 Å². The summed E-state index contributed by atoms with van der Waals surface area (Å²) in [6.07, 6.45) is 20.1. The van der Waals surface area contributed by atoms with Crippen molar-refractivity contribution in [3.05, 3.63) is 0 Å². The lowest BCUT2D eigenvalue weighted by Crippen LogP contribution is -2.29. The van der Waals surface area contributed by atoms with E-state index in [1.807, 2.05) is 42.5 Å². The van der Waals surface area contributed by atoms with E-state index in [4.69, 9.17) is 18.5 Å². The van der Waals surface area contributed by atoms with E-state index in [-0.39, 0.29) is 32.0 Å². The molecule has 304 valence electrons. The van der Waals surface area contributed by atoms with E-state index in [9.17, 15) is 19.0 Å². The Morgan fingerprint density at radius 1 is 0.608 bits per heavy atom. The van der Waals surface area contributed by atoms with Crippen LogP contribution in [0, 0.1) is 0 Å². The molecule has 0 radical (unpaired) electrons. The zero-order valence-electron chi connectivity index (χ0n) is 34.0. The number of thioether (sulfide) groups is 2. The van der Waals surface area contributed by atoms with Crippen LogP contribution in [0.15, 0.2) is 0 Å². The molecule has 2 atom stereocenters. The van der Waals surface area contributed by atoms with E-state index in [0.717, 1.165) is 38.5 Å². The summed E-state index contributed by atoms with van der Waals surface area (Å²) in [5.74, 6) is 1.67. The van der Waals surface area contributed by atoms with Crippen LogP contribution < -0.4 is 0 Å². The molecule has 0 rings (SSSR count). The molecule has 1 unspecified atom stereocenters. The Morgan fingerprint density at radius 3 is 1.41 bits per heavy atom. The molecule has 0 heterocycles. The number of carbonyl (C=O) groups excluding carboxylic acids is 2. The second kappa shape index (κ2) is 31.0. The number of hydrogen-bond donors (Lipinski definition) is 1. The molecule has 51 heavy (non-hydrogen) atoms. The van der Waals surface area contributed by atoms with E-state index >= 15 is 0 Å². The van der Waals surface area contributed by atoms with Gasteiger partial charge in [-0.05, 0) is 51.3 Å². The summed E-state index contributed by atoms with van der Waals surface area (Å²) in [5, 5.41) is 0. The summed E-state index contributed by atoms with van der Waals surface area (Å²) in [7, 11) is -0.710. The molecule has 1 N–H and O–H groups in total. The van der Waals surface area contributed by atoms with Gasteiger partial charge in [0.15, 0.2) is 6.10 Å². The van der Waals surface area contributed by atoms with Gasteiger partial charge < -0.3 is 19.3 Å². The maximum absolute atomic E-state index is 12.6. The van der Waals surface area contributed by atoms with Gasteiger partial charge in [0, 0.05) is 28.9 Å². The molecule has 12 heteroatoms. The smallest absolute Gasteiger partial charge is 0.462 e. The highest BCUT2D eigenvalue weighted by Crippen LogP contribution is 2.43. The van der Waals surface area contributed by atoms with Gasteiger partial charge in [0.05, 0.1) is 13.2 Å². The molecular weight excluding hydrogens is 706 g/mol. The largest absolute Gasteiger partial charge is 0.472 e. The third-order valence-corrected chi connectivity index (χ3v) is 11.8. The Bertz CT molecular complexity index is 911. The molecule has 9 nitrogen and oxygen atoms in total. The van der Waals surface area contributed by atoms with Gasteiger partial charge in [0.25, 0.3) is 0 Å². The fourth-order valence-electron chi connectivity index (χ4n) is 5.15. The molecule has 0 aromatic rings. The van der Waals surface area contributed by atoms with Gasteiger partial charge in [-0.15, -0.1) is 0 Å².